The monoisotopic (exact) mass is 248 g/mol. The summed E-state index contributed by atoms with van der Waals surface area (Å²) in [5.74, 6) is 0. The first-order valence-electron chi connectivity index (χ1n) is 6.10. The van der Waals surface area contributed by atoms with Crippen LogP contribution in [0.25, 0.3) is 0 Å². The van der Waals surface area contributed by atoms with Crippen molar-refractivity contribution in [2.45, 2.75) is 31.8 Å². The molecule has 0 bridgehead atoms. The molecular formula is C15H24N2O. The highest BCUT2D eigenvalue weighted by Crippen LogP contribution is 2.06. The molecule has 6 N–H and O–H groups in total. The summed E-state index contributed by atoms with van der Waals surface area (Å²) in [5.41, 5.74) is 11.9. The van der Waals surface area contributed by atoms with Crippen molar-refractivity contribution in [1.82, 2.24) is 0 Å². The molecule has 1 aromatic rings. The Hall–Kier alpha value is -1.42. The van der Waals surface area contributed by atoms with Crippen molar-refractivity contribution in [2.75, 3.05) is 0 Å². The molecule has 0 unspecified atom stereocenters. The van der Waals surface area contributed by atoms with Gasteiger partial charge in [-0.1, -0.05) is 68.0 Å². The summed E-state index contributed by atoms with van der Waals surface area (Å²) < 4.78 is 0. The van der Waals surface area contributed by atoms with E-state index in [-0.39, 0.29) is 5.48 Å². The van der Waals surface area contributed by atoms with E-state index >= 15 is 0 Å². The number of allylic oxidation sites excluding steroid dienone is 2. The van der Waals surface area contributed by atoms with Crippen molar-refractivity contribution >= 4 is 0 Å². The van der Waals surface area contributed by atoms with Gasteiger partial charge in [0.05, 0.1) is 5.66 Å². The van der Waals surface area contributed by atoms with Crippen LogP contribution in [0.2, 0.25) is 0 Å². The van der Waals surface area contributed by atoms with E-state index in [1.807, 2.05) is 18.2 Å². The van der Waals surface area contributed by atoms with Crippen molar-refractivity contribution < 1.29 is 5.48 Å². The van der Waals surface area contributed by atoms with Crippen LogP contribution >= 0.6 is 0 Å². The van der Waals surface area contributed by atoms with Gasteiger partial charge in [-0.05, 0) is 12.0 Å². The van der Waals surface area contributed by atoms with Crippen molar-refractivity contribution in [3.63, 3.8) is 0 Å². The Labute approximate surface area is 109 Å². The average Bonchev–Trinajstić information content (AvgIpc) is 2.31. The summed E-state index contributed by atoms with van der Waals surface area (Å²) in [6.07, 6.45) is 10.8. The topological polar surface area (TPSA) is 83.5 Å². The predicted octanol–water partition coefficient (Wildman–Crippen LogP) is 1.93. The predicted molar refractivity (Wildman–Crippen MR) is 78.1 cm³/mol. The van der Waals surface area contributed by atoms with Gasteiger partial charge in [-0.15, -0.1) is 0 Å². The Balaban J connectivity index is 0.000000306. The Morgan fingerprint density at radius 3 is 2.17 bits per heavy atom. The lowest BCUT2D eigenvalue weighted by molar-refractivity contribution is 0.557. The highest BCUT2D eigenvalue weighted by molar-refractivity contribution is 5.17. The number of aryl methyl sites for hydroxylation is 1. The molecule has 3 heteroatoms. The molecule has 0 aliphatic heterocycles. The Bertz CT molecular complexity index is 369. The standard InChI is InChI=1S/C9H12.C6H10N2.H2O/c1-2-6-9-7-4-3-5-8-9;7-6(8)4-2-1-3-5-6;/h3-5,7-8H,2,6H2,1H3;1-4H,5,7-8H2;1H2. The number of rotatable bonds is 2. The summed E-state index contributed by atoms with van der Waals surface area (Å²) in [5, 5.41) is 0. The second kappa shape index (κ2) is 8.64. The molecule has 0 amide bonds. The molecule has 0 saturated heterocycles. The Morgan fingerprint density at radius 2 is 1.78 bits per heavy atom. The van der Waals surface area contributed by atoms with E-state index < -0.39 is 5.66 Å². The van der Waals surface area contributed by atoms with Crippen LogP contribution in [0.5, 0.6) is 0 Å². The van der Waals surface area contributed by atoms with Crippen LogP contribution in [-0.4, -0.2) is 11.1 Å². The van der Waals surface area contributed by atoms with Gasteiger partial charge in [0.25, 0.3) is 0 Å². The molecule has 3 nitrogen and oxygen atoms in total. The van der Waals surface area contributed by atoms with Crippen LogP contribution < -0.4 is 11.5 Å². The molecule has 1 aliphatic carbocycles. The fourth-order valence-electron chi connectivity index (χ4n) is 1.59. The maximum Gasteiger partial charge on any atom is 0.0866 e. The lowest BCUT2D eigenvalue weighted by Crippen LogP contribution is -2.47. The molecule has 0 atom stereocenters. The molecule has 2 rings (SSSR count). The average molecular weight is 248 g/mol. The van der Waals surface area contributed by atoms with E-state index in [0.29, 0.717) is 0 Å². The molecule has 0 aromatic heterocycles. The first kappa shape index (κ1) is 16.6. The maximum atomic E-state index is 5.52. The molecule has 18 heavy (non-hydrogen) atoms. The van der Waals surface area contributed by atoms with Crippen LogP contribution in [0.15, 0.2) is 54.6 Å². The van der Waals surface area contributed by atoms with Crippen LogP contribution in [0.4, 0.5) is 0 Å². The fourth-order valence-corrected chi connectivity index (χ4v) is 1.59. The zero-order chi connectivity index (χ0) is 12.6. The van der Waals surface area contributed by atoms with Crippen LogP contribution in [0.1, 0.15) is 25.3 Å². The zero-order valence-corrected chi connectivity index (χ0v) is 11.0. The Morgan fingerprint density at radius 1 is 1.11 bits per heavy atom. The van der Waals surface area contributed by atoms with Gasteiger partial charge >= 0.3 is 0 Å². The third-order valence-corrected chi connectivity index (χ3v) is 2.51. The zero-order valence-electron chi connectivity index (χ0n) is 11.0. The third-order valence-electron chi connectivity index (χ3n) is 2.51. The summed E-state index contributed by atoms with van der Waals surface area (Å²) >= 11 is 0. The molecule has 1 aromatic carbocycles. The Kier molecular flexibility index (Phi) is 7.96. The van der Waals surface area contributed by atoms with Crippen LogP contribution in [0, 0.1) is 0 Å². The van der Waals surface area contributed by atoms with Crippen molar-refractivity contribution in [3.8, 4) is 0 Å². The minimum atomic E-state index is -0.589. The van der Waals surface area contributed by atoms with Gasteiger partial charge < -0.3 is 16.9 Å². The van der Waals surface area contributed by atoms with Gasteiger partial charge in [0.1, 0.15) is 0 Å². The van der Waals surface area contributed by atoms with Gasteiger partial charge in [0.15, 0.2) is 0 Å². The van der Waals surface area contributed by atoms with Crippen molar-refractivity contribution in [1.29, 1.82) is 0 Å². The summed E-state index contributed by atoms with van der Waals surface area (Å²) in [6, 6.07) is 10.6. The second-order valence-corrected chi connectivity index (χ2v) is 4.34. The molecule has 0 heterocycles. The van der Waals surface area contributed by atoms with E-state index in [4.69, 9.17) is 11.5 Å². The highest BCUT2D eigenvalue weighted by Gasteiger charge is 2.12. The van der Waals surface area contributed by atoms with E-state index in [1.54, 1.807) is 6.08 Å². The quantitative estimate of drug-likeness (QED) is 0.784. The molecule has 0 fully saturated rings. The maximum absolute atomic E-state index is 5.52. The lowest BCUT2D eigenvalue weighted by Gasteiger charge is -2.19. The molecule has 100 valence electrons. The minimum Gasteiger partial charge on any atom is -0.412 e. The lowest BCUT2D eigenvalue weighted by atomic mass is 10.0. The molecular weight excluding hydrogens is 224 g/mol. The number of hydrogen-bond donors (Lipinski definition) is 2. The molecule has 0 spiro atoms. The number of hydrogen-bond acceptors (Lipinski definition) is 2. The van der Waals surface area contributed by atoms with Gasteiger partial charge in [0, 0.05) is 6.42 Å². The third kappa shape index (κ3) is 7.01. The van der Waals surface area contributed by atoms with E-state index in [2.05, 4.69) is 37.3 Å². The van der Waals surface area contributed by atoms with Gasteiger partial charge in [0.2, 0.25) is 0 Å². The number of benzene rings is 1. The highest BCUT2D eigenvalue weighted by atomic mass is 16.0. The minimum absolute atomic E-state index is 0. The van der Waals surface area contributed by atoms with E-state index in [9.17, 15) is 0 Å². The summed E-state index contributed by atoms with van der Waals surface area (Å²) in [7, 11) is 0. The largest absolute Gasteiger partial charge is 0.412 e. The molecule has 0 saturated carbocycles. The first-order valence-corrected chi connectivity index (χ1v) is 6.10. The second-order valence-electron chi connectivity index (χ2n) is 4.34. The van der Waals surface area contributed by atoms with Crippen LogP contribution in [0.3, 0.4) is 0 Å². The molecule has 1 aliphatic rings. The van der Waals surface area contributed by atoms with Crippen molar-refractivity contribution in [3.05, 3.63) is 60.2 Å². The van der Waals surface area contributed by atoms with Crippen LogP contribution in [-0.2, 0) is 6.42 Å². The van der Waals surface area contributed by atoms with Gasteiger partial charge in [-0.25, -0.2) is 0 Å². The number of nitrogens with two attached hydrogens (primary N) is 2. The molecule has 0 radical (unpaired) electrons. The fraction of sp³-hybridized carbons (Fsp3) is 0.333. The van der Waals surface area contributed by atoms with Gasteiger partial charge in [-0.3, -0.25) is 0 Å². The van der Waals surface area contributed by atoms with Gasteiger partial charge in [-0.2, -0.15) is 0 Å². The first-order chi connectivity index (χ1) is 8.14. The van der Waals surface area contributed by atoms with E-state index in [1.165, 1.54) is 18.4 Å². The summed E-state index contributed by atoms with van der Waals surface area (Å²) in [4.78, 5) is 0. The van der Waals surface area contributed by atoms with Crippen molar-refractivity contribution in [2.24, 2.45) is 11.5 Å². The normalized spacial score (nSPS) is 15.3. The smallest absolute Gasteiger partial charge is 0.0866 e. The SMILES string of the molecule is CCCc1ccccc1.NC1(N)C=CC=CC1.O. The summed E-state index contributed by atoms with van der Waals surface area (Å²) in [6.45, 7) is 2.20. The van der Waals surface area contributed by atoms with E-state index in [0.717, 1.165) is 6.42 Å².